The van der Waals surface area contributed by atoms with Crippen LogP contribution in [0.3, 0.4) is 0 Å². The minimum Gasteiger partial charge on any atom is -0.274 e. The molecule has 226 valence electrons. The topological polar surface area (TPSA) is 87.7 Å². The molecule has 3 aliphatic rings. The number of nitrogens with zero attached hydrogens (tertiary/aromatic N) is 3. The van der Waals surface area contributed by atoms with Gasteiger partial charge in [-0.25, -0.2) is 9.88 Å². The fourth-order valence-electron chi connectivity index (χ4n) is 7.49. The third-order valence-electron chi connectivity index (χ3n) is 9.53. The van der Waals surface area contributed by atoms with Crippen molar-refractivity contribution in [2.45, 2.75) is 31.1 Å². The van der Waals surface area contributed by atoms with Crippen molar-refractivity contribution < 1.29 is 19.2 Å². The van der Waals surface area contributed by atoms with E-state index < -0.39 is 29.6 Å². The Labute approximate surface area is 270 Å². The lowest BCUT2D eigenvalue weighted by Crippen LogP contribution is -2.39. The van der Waals surface area contributed by atoms with Gasteiger partial charge in [-0.2, -0.15) is 0 Å². The van der Waals surface area contributed by atoms with Crippen LogP contribution in [0.5, 0.6) is 0 Å². The molecular formula is C38H29N3O4S. The van der Waals surface area contributed by atoms with Crippen LogP contribution < -0.4 is 9.80 Å². The Balaban J connectivity index is 1.35. The lowest BCUT2D eigenvalue weighted by Gasteiger charge is -2.39. The highest BCUT2D eigenvalue weighted by Crippen LogP contribution is 2.60. The molecule has 7 nitrogen and oxygen atoms in total. The number of aromatic nitrogens is 1. The van der Waals surface area contributed by atoms with Gasteiger partial charge in [-0.1, -0.05) is 96.6 Å². The summed E-state index contributed by atoms with van der Waals surface area (Å²) in [4.78, 5) is 65.5. The van der Waals surface area contributed by atoms with Crippen LogP contribution in [0, 0.1) is 18.8 Å². The fraction of sp³-hybridized carbons (Fsp3) is 0.184. The number of hydrogen-bond donors (Lipinski definition) is 0. The van der Waals surface area contributed by atoms with Crippen LogP contribution in [0.1, 0.15) is 45.9 Å². The third kappa shape index (κ3) is 4.35. The van der Waals surface area contributed by atoms with Crippen molar-refractivity contribution in [2.24, 2.45) is 11.8 Å². The van der Waals surface area contributed by atoms with Crippen LogP contribution in [-0.4, -0.2) is 28.6 Å². The first kappa shape index (κ1) is 28.3. The second-order valence-electron chi connectivity index (χ2n) is 12.2. The highest BCUT2D eigenvalue weighted by Gasteiger charge is 2.62. The molecule has 0 N–H and O–H groups in total. The van der Waals surface area contributed by atoms with E-state index in [-0.39, 0.29) is 30.0 Å². The smallest absolute Gasteiger partial charge is 0.243 e. The molecular weight excluding hydrogens is 595 g/mol. The number of carbonyl (C=O) groups is 4. The Hall–Kier alpha value is -5.21. The molecule has 5 aromatic rings. The van der Waals surface area contributed by atoms with Crippen molar-refractivity contribution in [2.75, 3.05) is 9.80 Å². The van der Waals surface area contributed by atoms with E-state index in [1.165, 1.54) is 21.1 Å². The van der Waals surface area contributed by atoms with Gasteiger partial charge in [-0.3, -0.25) is 24.1 Å². The number of rotatable bonds is 5. The van der Waals surface area contributed by atoms with Gasteiger partial charge in [0.2, 0.25) is 23.6 Å². The largest absolute Gasteiger partial charge is 0.274 e. The van der Waals surface area contributed by atoms with Crippen LogP contribution in [0.2, 0.25) is 0 Å². The number of fused-ring (bicyclic) bond motifs is 3. The Morgan fingerprint density at radius 3 is 1.85 bits per heavy atom. The number of imide groups is 2. The Morgan fingerprint density at radius 1 is 0.630 bits per heavy atom. The molecule has 3 heterocycles. The van der Waals surface area contributed by atoms with Crippen LogP contribution in [-0.2, 0) is 19.2 Å². The van der Waals surface area contributed by atoms with Gasteiger partial charge in [0.15, 0.2) is 0 Å². The zero-order valence-electron chi connectivity index (χ0n) is 24.9. The van der Waals surface area contributed by atoms with E-state index in [4.69, 9.17) is 4.98 Å². The highest BCUT2D eigenvalue weighted by atomic mass is 32.1. The summed E-state index contributed by atoms with van der Waals surface area (Å²) in [6, 6.07) is 35.6. The van der Waals surface area contributed by atoms with Crippen molar-refractivity contribution in [1.29, 1.82) is 0 Å². The van der Waals surface area contributed by atoms with Gasteiger partial charge in [0.05, 0.1) is 34.8 Å². The SMILES string of the molecule is Cc1ccc([C@H]2[C@H]3C(=O)N(c4ccccc4)C(=O)[C@H]3c3sc(-c4ccccc4)nc3[C@@H]2C2CC(=O)N(c3ccccc3)C2=O)cc1. The van der Waals surface area contributed by atoms with Crippen molar-refractivity contribution >= 4 is 46.3 Å². The molecule has 1 unspecified atom stereocenters. The molecule has 1 aromatic heterocycles. The van der Waals surface area contributed by atoms with Crippen LogP contribution in [0.25, 0.3) is 10.6 Å². The van der Waals surface area contributed by atoms with Crippen LogP contribution in [0.4, 0.5) is 11.4 Å². The van der Waals surface area contributed by atoms with Gasteiger partial charge >= 0.3 is 0 Å². The first-order valence-electron chi connectivity index (χ1n) is 15.4. The van der Waals surface area contributed by atoms with E-state index >= 15 is 0 Å². The molecule has 0 saturated carbocycles. The zero-order chi connectivity index (χ0) is 31.5. The quantitative estimate of drug-likeness (QED) is 0.200. The van der Waals surface area contributed by atoms with Crippen molar-refractivity contribution in [3.05, 3.63) is 137 Å². The highest BCUT2D eigenvalue weighted by molar-refractivity contribution is 7.15. The number of benzene rings is 4. The standard InChI is InChI=1S/C38H29N3O4S/c1-22-17-19-23(20-18-22)29-30(27-21-28(42)40(36(27)43)25-13-7-3-8-14-25)33-34(46-35(39-33)24-11-5-2-6-12-24)32-31(29)37(44)41(38(32)45)26-15-9-4-10-16-26/h2-20,27,29-32H,21H2,1H3/t27?,29-,30-,31-,32-/m1/s1. The monoisotopic (exact) mass is 623 g/mol. The van der Waals surface area contributed by atoms with Gasteiger partial charge in [-0.05, 0) is 36.8 Å². The molecule has 2 aliphatic heterocycles. The third-order valence-corrected chi connectivity index (χ3v) is 10.7. The summed E-state index contributed by atoms with van der Waals surface area (Å²) in [5.41, 5.74) is 4.46. The first-order valence-corrected chi connectivity index (χ1v) is 16.2. The minimum atomic E-state index is -0.773. The summed E-state index contributed by atoms with van der Waals surface area (Å²) in [6.45, 7) is 1.99. The fourth-order valence-corrected chi connectivity index (χ4v) is 8.76. The maximum Gasteiger partial charge on any atom is 0.243 e. The molecule has 4 aromatic carbocycles. The van der Waals surface area contributed by atoms with Crippen molar-refractivity contribution in [3.8, 4) is 10.6 Å². The number of amides is 4. The number of carbonyl (C=O) groups excluding carboxylic acids is 4. The second-order valence-corrected chi connectivity index (χ2v) is 13.2. The number of para-hydroxylation sites is 2. The first-order chi connectivity index (χ1) is 22.4. The predicted molar refractivity (Wildman–Crippen MR) is 176 cm³/mol. The van der Waals surface area contributed by atoms with E-state index in [1.807, 2.05) is 85.8 Å². The van der Waals surface area contributed by atoms with Gasteiger partial charge in [0, 0.05) is 28.7 Å². The number of thiazole rings is 1. The second kappa shape index (κ2) is 11.0. The Bertz CT molecular complexity index is 1990. The van der Waals surface area contributed by atoms with E-state index in [1.54, 1.807) is 36.4 Å². The lowest BCUT2D eigenvalue weighted by molar-refractivity contribution is -0.125. The molecule has 8 heteroatoms. The predicted octanol–water partition coefficient (Wildman–Crippen LogP) is 6.85. The summed E-state index contributed by atoms with van der Waals surface area (Å²) >= 11 is 1.41. The average molecular weight is 624 g/mol. The maximum atomic E-state index is 14.6. The number of anilines is 2. The van der Waals surface area contributed by atoms with E-state index in [2.05, 4.69) is 0 Å². The van der Waals surface area contributed by atoms with Crippen molar-refractivity contribution in [3.63, 3.8) is 0 Å². The summed E-state index contributed by atoms with van der Waals surface area (Å²) in [6.07, 6.45) is -0.0136. The summed E-state index contributed by atoms with van der Waals surface area (Å²) in [5, 5.41) is 0.717. The van der Waals surface area contributed by atoms with E-state index in [0.717, 1.165) is 16.7 Å². The number of aryl methyl sites for hydroxylation is 1. The molecule has 4 amide bonds. The van der Waals surface area contributed by atoms with E-state index in [0.29, 0.717) is 27.0 Å². The average Bonchev–Trinajstić information content (AvgIpc) is 3.73. The summed E-state index contributed by atoms with van der Waals surface area (Å²) in [7, 11) is 0. The van der Waals surface area contributed by atoms with Gasteiger partial charge < -0.3 is 0 Å². The van der Waals surface area contributed by atoms with Crippen LogP contribution in [0.15, 0.2) is 115 Å². The minimum absolute atomic E-state index is 0.0136. The van der Waals surface area contributed by atoms with Gasteiger partial charge in [-0.15, -0.1) is 11.3 Å². The normalized spacial score (nSPS) is 24.0. The molecule has 5 atom stereocenters. The van der Waals surface area contributed by atoms with Gasteiger partial charge in [0.25, 0.3) is 0 Å². The summed E-state index contributed by atoms with van der Waals surface area (Å²) in [5.74, 6) is -4.66. The lowest BCUT2D eigenvalue weighted by atomic mass is 9.62. The molecule has 8 rings (SSSR count). The summed E-state index contributed by atoms with van der Waals surface area (Å²) < 4.78 is 0. The molecule has 2 fully saturated rings. The Morgan fingerprint density at radius 2 is 1.22 bits per heavy atom. The van der Waals surface area contributed by atoms with Crippen LogP contribution >= 0.6 is 11.3 Å². The molecule has 1 aliphatic carbocycles. The van der Waals surface area contributed by atoms with E-state index in [9.17, 15) is 19.2 Å². The van der Waals surface area contributed by atoms with Crippen molar-refractivity contribution in [1.82, 2.24) is 4.98 Å². The number of hydrogen-bond acceptors (Lipinski definition) is 6. The Kier molecular flexibility index (Phi) is 6.76. The van der Waals surface area contributed by atoms with Gasteiger partial charge in [0.1, 0.15) is 5.01 Å². The molecule has 0 spiro atoms. The molecule has 46 heavy (non-hydrogen) atoms. The molecule has 2 saturated heterocycles. The molecule has 0 radical (unpaired) electrons. The maximum absolute atomic E-state index is 14.6. The zero-order valence-corrected chi connectivity index (χ0v) is 25.8. The molecule has 0 bridgehead atoms.